The van der Waals surface area contributed by atoms with Crippen LogP contribution in [0.5, 0.6) is 0 Å². The van der Waals surface area contributed by atoms with Gasteiger partial charge in [0.1, 0.15) is 12.2 Å². The van der Waals surface area contributed by atoms with Gasteiger partial charge in [0.15, 0.2) is 11.6 Å². The number of fused-ring (bicyclic) bond motifs is 11. The quantitative estimate of drug-likeness (QED) is 0.118. The minimum absolute atomic E-state index is 0. The summed E-state index contributed by atoms with van der Waals surface area (Å²) in [5.74, 6) is 0.261. The number of ether oxygens (including phenoxy) is 3. The summed E-state index contributed by atoms with van der Waals surface area (Å²) in [6.45, 7) is 24.5. The van der Waals surface area contributed by atoms with E-state index in [1.807, 2.05) is 27.7 Å². The first-order valence-corrected chi connectivity index (χ1v) is 28.5. The fourth-order valence-electron chi connectivity index (χ4n) is 19.8. The third-order valence-corrected chi connectivity index (χ3v) is 23.7. The van der Waals surface area contributed by atoms with Gasteiger partial charge in [-0.1, -0.05) is 64.8 Å². The van der Waals surface area contributed by atoms with E-state index >= 15 is 0 Å². The maximum Gasteiger partial charge on any atom is 1.00 e. The van der Waals surface area contributed by atoms with Gasteiger partial charge >= 0.3 is 29.6 Å². The molecule has 1 spiro atoms. The Labute approximate surface area is 441 Å². The van der Waals surface area contributed by atoms with Gasteiger partial charge in [0, 0.05) is 23.2 Å². The van der Waals surface area contributed by atoms with Crippen molar-refractivity contribution in [3.8, 4) is 0 Å². The van der Waals surface area contributed by atoms with Gasteiger partial charge in [0.25, 0.3) is 0 Å². The van der Waals surface area contributed by atoms with Crippen LogP contribution in [0.15, 0.2) is 23.3 Å². The van der Waals surface area contributed by atoms with Crippen molar-refractivity contribution < 1.29 is 81.0 Å². The van der Waals surface area contributed by atoms with E-state index in [2.05, 4.69) is 60.6 Å². The molecule has 4 aliphatic heterocycles. The fraction of sp³-hybridized carbons (Fsp3) is 0.842. The average Bonchev–Trinajstić information content (AvgIpc) is 3.84. The topological polar surface area (TPSA) is 172 Å². The summed E-state index contributed by atoms with van der Waals surface area (Å²) in [4.78, 5) is 13.1. The third-order valence-electron chi connectivity index (χ3n) is 23.2. The van der Waals surface area contributed by atoms with Gasteiger partial charge in [0.05, 0.1) is 41.5 Å². The van der Waals surface area contributed by atoms with Gasteiger partial charge in [-0.2, -0.15) is 0 Å². The molecule has 4 saturated heterocycles. The molecule has 7 aliphatic carbocycles. The molecule has 1 aromatic rings. The Morgan fingerprint density at radius 2 is 1.54 bits per heavy atom. The maximum absolute atomic E-state index is 13.1. The minimum Gasteiger partial charge on any atom is -0.726 e. The van der Waals surface area contributed by atoms with E-state index in [0.717, 1.165) is 69.8 Å². The van der Waals surface area contributed by atoms with Gasteiger partial charge in [-0.05, 0) is 199 Å². The van der Waals surface area contributed by atoms with E-state index in [9.17, 15) is 33.1 Å². The van der Waals surface area contributed by atoms with Crippen LogP contribution >= 0.6 is 0 Å². The largest absolute Gasteiger partial charge is 1.00 e. The molecular formula is C57H83NaO11S. The number of carbonyl (C=O) groups excluding carboxylic acids is 1. The van der Waals surface area contributed by atoms with Crippen LogP contribution in [0.1, 0.15) is 188 Å². The first kappa shape index (κ1) is 52.7. The predicted molar refractivity (Wildman–Crippen MR) is 260 cm³/mol. The molecule has 11 aliphatic rings. The number of aliphatic hydroxyl groups excluding tert-OH is 2. The molecule has 70 heavy (non-hydrogen) atoms. The summed E-state index contributed by atoms with van der Waals surface area (Å²) in [6, 6.07) is 4.55. The molecular weight excluding hydrogens is 916 g/mol. The Bertz CT molecular complexity index is 2450. The number of Topliss-reactive ketones (excluding diaryl/α,β-unsaturated/α-hetero) is 1. The third kappa shape index (κ3) is 7.36. The number of rotatable bonds is 8. The molecule has 0 radical (unpaired) electrons. The first-order chi connectivity index (χ1) is 32.0. The molecule has 0 aromatic heterocycles. The Hall–Kier alpha value is -0.740. The summed E-state index contributed by atoms with van der Waals surface area (Å²) in [5, 5.41) is 34.1. The number of carbonyl (C=O) groups is 1. The van der Waals surface area contributed by atoms with Gasteiger partial charge in [-0.25, -0.2) is 8.42 Å². The number of aliphatic hydroxyl groups is 3. The van der Waals surface area contributed by atoms with E-state index in [0.29, 0.717) is 42.4 Å². The molecule has 11 nitrogen and oxygen atoms in total. The van der Waals surface area contributed by atoms with Crippen LogP contribution in [-0.2, 0) is 51.8 Å². The molecule has 1 aromatic carbocycles. The Balaban J connectivity index is 0.00000567. The molecule has 8 unspecified atom stereocenters. The van der Waals surface area contributed by atoms with Crippen molar-refractivity contribution in [1.82, 2.24) is 0 Å². The van der Waals surface area contributed by atoms with Crippen LogP contribution in [0.4, 0.5) is 0 Å². The summed E-state index contributed by atoms with van der Waals surface area (Å²) < 4.78 is 63.7. The molecule has 18 atom stereocenters. The molecule has 3 saturated carbocycles. The van der Waals surface area contributed by atoms with Crippen LogP contribution in [0.3, 0.4) is 0 Å². The zero-order chi connectivity index (χ0) is 49.6. The molecule has 4 bridgehead atoms. The molecule has 7 fully saturated rings. The van der Waals surface area contributed by atoms with Crippen LogP contribution in [-0.4, -0.2) is 88.2 Å². The molecule has 13 heteroatoms. The van der Waals surface area contributed by atoms with E-state index in [1.54, 1.807) is 0 Å². The minimum atomic E-state index is -5.06. The number of hydrogen-bond donors (Lipinski definition) is 3. The monoisotopic (exact) mass is 999 g/mol. The second-order valence-electron chi connectivity index (χ2n) is 27.4. The number of ketones is 1. The summed E-state index contributed by atoms with van der Waals surface area (Å²) in [7, 11) is -5.06. The Morgan fingerprint density at radius 3 is 2.24 bits per heavy atom. The van der Waals surface area contributed by atoms with E-state index < -0.39 is 56.7 Å². The Morgan fingerprint density at radius 1 is 0.871 bits per heavy atom. The van der Waals surface area contributed by atoms with Gasteiger partial charge in [-0.15, -0.1) is 0 Å². The van der Waals surface area contributed by atoms with Crippen molar-refractivity contribution in [2.45, 2.75) is 231 Å². The van der Waals surface area contributed by atoms with Crippen LogP contribution in [0.2, 0.25) is 0 Å². The average molecular weight is 999 g/mol. The normalized spacial score (nSPS) is 46.9. The molecule has 0 amide bonds. The smallest absolute Gasteiger partial charge is 0.726 e. The molecule has 12 rings (SSSR count). The second kappa shape index (κ2) is 16.9. The summed E-state index contributed by atoms with van der Waals surface area (Å²) >= 11 is 0. The van der Waals surface area contributed by atoms with Gasteiger partial charge in [-0.3, -0.25) is 8.98 Å². The molecule has 4 heterocycles. The van der Waals surface area contributed by atoms with Crippen molar-refractivity contribution >= 4 is 16.2 Å². The maximum atomic E-state index is 13.1. The number of hydrogen-bond acceptors (Lipinski definition) is 11. The second-order valence-corrected chi connectivity index (χ2v) is 28.4. The van der Waals surface area contributed by atoms with Crippen molar-refractivity contribution in [3.05, 3.63) is 45.5 Å². The number of benzene rings is 1. The summed E-state index contributed by atoms with van der Waals surface area (Å²) in [5.41, 5.74) is 4.58. The zero-order valence-corrected chi connectivity index (χ0v) is 47.3. The SMILES string of the molecule is C[C@H](CC[C@@H]1O[C@@H]([C@@H](C)C2CCC3C4=C(CC[C@@]32C)[C@@]23COC(O)(C(O)C2)C(C)(C)C3C(OS(=O)(=O)[O-])C4)C[C@@H]2C[C@@]1(C)OC2(C)C)[C@H]1CCC2c3ccc4c(c3CC[C@@]21C)CC(O)C(=O)C4(C)C.[Na+]. The van der Waals surface area contributed by atoms with E-state index in [-0.39, 0.29) is 94.4 Å². The molecule has 384 valence electrons. The Kier molecular flexibility index (Phi) is 12.7. The van der Waals surface area contributed by atoms with E-state index in [1.165, 1.54) is 40.7 Å². The van der Waals surface area contributed by atoms with E-state index in [4.69, 9.17) is 18.4 Å². The van der Waals surface area contributed by atoms with Crippen LogP contribution < -0.4 is 29.6 Å². The van der Waals surface area contributed by atoms with Crippen molar-refractivity contribution in [3.63, 3.8) is 0 Å². The standard InChI is InChI=1S/C57H84O11S.Na/c1-30(37-15-17-40-34-13-14-39-35(33(34)20-22-53(37,40)9)25-43(58)49(60)50(39,3)4)12-19-47-55(11)27-32(52(7,8)68-55)24-44(66-47)31(2)38-16-18-41-36-26-45(67-69(62,63)64)48-51(5,6)57(61)46(59)28-56(48,29-65-57)42(36)21-23-54(38,41)10;/h13-14,30-32,37-38,40-41,43-48,58-59,61H,12,15-29H2,1-11H3,(H,62,63,64);/q;+1/p-1/t30-,31+,32-,37-,38?,40?,41?,43?,44-,45?,46?,47+,48?,53-,54-,55-,56+,57?;/m1./s1. The van der Waals surface area contributed by atoms with Crippen molar-refractivity contribution in [2.75, 3.05) is 6.61 Å². The zero-order valence-electron chi connectivity index (χ0n) is 44.5. The van der Waals surface area contributed by atoms with Crippen LogP contribution in [0.25, 0.3) is 0 Å². The molecule has 3 N–H and O–H groups in total. The van der Waals surface area contributed by atoms with Crippen LogP contribution in [0, 0.1) is 63.1 Å². The summed E-state index contributed by atoms with van der Waals surface area (Å²) in [6.07, 6.45) is 10.2. The predicted octanol–water partition coefficient (Wildman–Crippen LogP) is 6.17. The van der Waals surface area contributed by atoms with Gasteiger partial charge < -0.3 is 34.1 Å². The first-order valence-electron chi connectivity index (χ1n) is 27.2. The van der Waals surface area contributed by atoms with Crippen molar-refractivity contribution in [2.24, 2.45) is 63.1 Å². The van der Waals surface area contributed by atoms with Crippen molar-refractivity contribution in [1.29, 1.82) is 0 Å². The van der Waals surface area contributed by atoms with Gasteiger partial charge in [0.2, 0.25) is 10.4 Å². The fourth-order valence-corrected chi connectivity index (χ4v) is 20.3.